The first kappa shape index (κ1) is 13.8. The average molecular weight is 294 g/mol. The molecule has 0 atom stereocenters. The zero-order chi connectivity index (χ0) is 15.5. The number of nitrogen functional groups attached to an aromatic ring is 1. The van der Waals surface area contributed by atoms with Crippen LogP contribution in [-0.2, 0) is 6.54 Å². The summed E-state index contributed by atoms with van der Waals surface area (Å²) in [7, 11) is 0. The minimum atomic E-state index is -0.986. The van der Waals surface area contributed by atoms with Crippen LogP contribution in [0.15, 0.2) is 48.8 Å². The Balaban J connectivity index is 1.74. The maximum Gasteiger partial charge on any atom is 0.337 e. The van der Waals surface area contributed by atoms with E-state index in [0.717, 1.165) is 16.3 Å². The summed E-state index contributed by atoms with van der Waals surface area (Å²) in [5.74, 6) is 0.155. The highest BCUT2D eigenvalue weighted by Gasteiger charge is 2.04. The number of pyridine rings is 2. The molecule has 0 aliphatic carbocycles. The average Bonchev–Trinajstić information content (AvgIpc) is 2.53. The standard InChI is InChI=1S/C16H14N4O2/c17-15-13-3-1-10(7-11(13)5-6-18-15)8-19-14-4-2-12(9-20-14)16(21)22/h1-7,9H,8H2,(H2,17,18)(H,19,20)(H,21,22). The van der Waals surface area contributed by atoms with Gasteiger partial charge in [-0.1, -0.05) is 12.1 Å². The van der Waals surface area contributed by atoms with E-state index in [-0.39, 0.29) is 5.56 Å². The second-order valence-electron chi connectivity index (χ2n) is 4.84. The molecule has 0 bridgehead atoms. The number of carbonyl (C=O) groups is 1. The van der Waals surface area contributed by atoms with Crippen LogP contribution in [0.4, 0.5) is 11.6 Å². The van der Waals surface area contributed by atoms with Crippen molar-refractivity contribution in [3.63, 3.8) is 0 Å². The lowest BCUT2D eigenvalue weighted by atomic mass is 10.1. The summed E-state index contributed by atoms with van der Waals surface area (Å²) in [4.78, 5) is 18.9. The quantitative estimate of drug-likeness (QED) is 0.683. The Bertz CT molecular complexity index is 831. The van der Waals surface area contributed by atoms with Crippen molar-refractivity contribution in [2.75, 3.05) is 11.1 Å². The number of rotatable bonds is 4. The molecule has 0 radical (unpaired) electrons. The Hall–Kier alpha value is -3.15. The number of anilines is 2. The number of aromatic nitrogens is 2. The van der Waals surface area contributed by atoms with Crippen LogP contribution < -0.4 is 11.1 Å². The Morgan fingerprint density at radius 2 is 2.05 bits per heavy atom. The van der Waals surface area contributed by atoms with E-state index in [1.54, 1.807) is 12.3 Å². The van der Waals surface area contributed by atoms with E-state index in [1.165, 1.54) is 12.3 Å². The first-order chi connectivity index (χ1) is 10.6. The Morgan fingerprint density at radius 1 is 1.18 bits per heavy atom. The van der Waals surface area contributed by atoms with Crippen LogP contribution in [0.3, 0.4) is 0 Å². The lowest BCUT2D eigenvalue weighted by molar-refractivity contribution is 0.0696. The molecule has 22 heavy (non-hydrogen) atoms. The van der Waals surface area contributed by atoms with Crippen molar-refractivity contribution < 1.29 is 9.90 Å². The van der Waals surface area contributed by atoms with Gasteiger partial charge in [-0.2, -0.15) is 0 Å². The first-order valence-electron chi connectivity index (χ1n) is 6.70. The summed E-state index contributed by atoms with van der Waals surface area (Å²) in [6.45, 7) is 0.581. The van der Waals surface area contributed by atoms with Crippen molar-refractivity contribution in [3.8, 4) is 0 Å². The molecule has 0 fully saturated rings. The normalized spacial score (nSPS) is 10.5. The summed E-state index contributed by atoms with van der Waals surface area (Å²) in [6, 6.07) is 11.0. The van der Waals surface area contributed by atoms with Gasteiger partial charge >= 0.3 is 5.97 Å². The van der Waals surface area contributed by atoms with Crippen LogP contribution >= 0.6 is 0 Å². The second-order valence-corrected chi connectivity index (χ2v) is 4.84. The molecule has 0 amide bonds. The second kappa shape index (κ2) is 5.69. The van der Waals surface area contributed by atoms with Crippen LogP contribution in [0, 0.1) is 0 Å². The van der Waals surface area contributed by atoms with Gasteiger partial charge in [-0.15, -0.1) is 0 Å². The third-order valence-corrected chi connectivity index (χ3v) is 3.34. The van der Waals surface area contributed by atoms with Crippen molar-refractivity contribution in [1.82, 2.24) is 9.97 Å². The van der Waals surface area contributed by atoms with Gasteiger partial charge in [-0.25, -0.2) is 14.8 Å². The molecule has 0 spiro atoms. The van der Waals surface area contributed by atoms with Crippen LogP contribution in [0.2, 0.25) is 0 Å². The molecule has 0 aliphatic heterocycles. The summed E-state index contributed by atoms with van der Waals surface area (Å²) in [5.41, 5.74) is 7.06. The minimum Gasteiger partial charge on any atom is -0.478 e. The molecule has 0 unspecified atom stereocenters. The van der Waals surface area contributed by atoms with Crippen LogP contribution in [0.5, 0.6) is 0 Å². The third-order valence-electron chi connectivity index (χ3n) is 3.34. The van der Waals surface area contributed by atoms with Crippen LogP contribution in [0.1, 0.15) is 15.9 Å². The van der Waals surface area contributed by atoms with E-state index in [0.29, 0.717) is 18.2 Å². The molecule has 2 aromatic heterocycles. The zero-order valence-electron chi connectivity index (χ0n) is 11.7. The molecule has 110 valence electrons. The lowest BCUT2D eigenvalue weighted by Crippen LogP contribution is -2.03. The topological polar surface area (TPSA) is 101 Å². The predicted molar refractivity (Wildman–Crippen MR) is 84.7 cm³/mol. The number of aromatic carboxylic acids is 1. The summed E-state index contributed by atoms with van der Waals surface area (Å²) >= 11 is 0. The number of nitrogens with one attached hydrogen (secondary N) is 1. The van der Waals surface area contributed by atoms with E-state index in [4.69, 9.17) is 10.8 Å². The number of benzene rings is 1. The monoisotopic (exact) mass is 294 g/mol. The van der Waals surface area contributed by atoms with E-state index in [2.05, 4.69) is 15.3 Å². The van der Waals surface area contributed by atoms with Crippen molar-refractivity contribution in [3.05, 3.63) is 59.9 Å². The Labute approximate surface area is 126 Å². The molecule has 0 aliphatic rings. The van der Waals surface area contributed by atoms with Gasteiger partial charge in [-0.3, -0.25) is 0 Å². The number of nitrogens with two attached hydrogens (primary N) is 1. The Morgan fingerprint density at radius 3 is 2.77 bits per heavy atom. The van der Waals surface area contributed by atoms with E-state index in [1.807, 2.05) is 24.3 Å². The maximum absolute atomic E-state index is 10.8. The highest BCUT2D eigenvalue weighted by molar-refractivity contribution is 5.91. The molecular weight excluding hydrogens is 280 g/mol. The number of nitrogens with zero attached hydrogens (tertiary/aromatic N) is 2. The van der Waals surface area contributed by atoms with Gasteiger partial charge in [0.25, 0.3) is 0 Å². The number of hydrogen-bond acceptors (Lipinski definition) is 5. The Kier molecular flexibility index (Phi) is 3.57. The largest absolute Gasteiger partial charge is 0.478 e. The van der Waals surface area contributed by atoms with E-state index >= 15 is 0 Å². The molecule has 0 saturated carbocycles. The van der Waals surface area contributed by atoms with Gasteiger partial charge in [0.2, 0.25) is 0 Å². The molecule has 3 aromatic rings. The molecule has 6 nitrogen and oxygen atoms in total. The first-order valence-corrected chi connectivity index (χ1v) is 6.70. The summed E-state index contributed by atoms with van der Waals surface area (Å²) < 4.78 is 0. The van der Waals surface area contributed by atoms with Crippen LogP contribution in [0.25, 0.3) is 10.8 Å². The fourth-order valence-electron chi connectivity index (χ4n) is 2.18. The minimum absolute atomic E-state index is 0.166. The van der Waals surface area contributed by atoms with Crippen molar-refractivity contribution in [2.24, 2.45) is 0 Å². The molecule has 1 aromatic carbocycles. The predicted octanol–water partition coefficient (Wildman–Crippen LogP) is 2.52. The van der Waals surface area contributed by atoms with Gasteiger partial charge in [0.15, 0.2) is 0 Å². The molecule has 4 N–H and O–H groups in total. The molecule has 3 rings (SSSR count). The maximum atomic E-state index is 10.8. The highest BCUT2D eigenvalue weighted by atomic mass is 16.4. The third kappa shape index (κ3) is 2.80. The smallest absolute Gasteiger partial charge is 0.337 e. The van der Waals surface area contributed by atoms with Crippen molar-refractivity contribution in [2.45, 2.75) is 6.54 Å². The number of fused-ring (bicyclic) bond motifs is 1. The van der Waals surface area contributed by atoms with Gasteiger partial charge in [0.05, 0.1) is 5.56 Å². The fraction of sp³-hybridized carbons (Fsp3) is 0.0625. The SMILES string of the molecule is Nc1nccc2cc(CNc3ccc(C(=O)O)cn3)ccc12. The van der Waals surface area contributed by atoms with Gasteiger partial charge < -0.3 is 16.2 Å². The van der Waals surface area contributed by atoms with Crippen molar-refractivity contribution >= 4 is 28.4 Å². The van der Waals surface area contributed by atoms with Crippen molar-refractivity contribution in [1.29, 1.82) is 0 Å². The highest BCUT2D eigenvalue weighted by Crippen LogP contribution is 2.20. The van der Waals surface area contributed by atoms with E-state index < -0.39 is 5.97 Å². The molecular formula is C16H14N4O2. The van der Waals surface area contributed by atoms with Gasteiger partial charge in [0, 0.05) is 24.3 Å². The number of carboxylic acids is 1. The van der Waals surface area contributed by atoms with Gasteiger partial charge in [-0.05, 0) is 35.2 Å². The number of hydrogen-bond donors (Lipinski definition) is 3. The summed E-state index contributed by atoms with van der Waals surface area (Å²) in [5, 5.41) is 13.9. The number of carboxylic acid groups (broad SMARTS) is 1. The molecule has 6 heteroatoms. The van der Waals surface area contributed by atoms with Gasteiger partial charge in [0.1, 0.15) is 11.6 Å². The fourth-order valence-corrected chi connectivity index (χ4v) is 2.18. The molecule has 2 heterocycles. The van der Waals surface area contributed by atoms with Crippen LogP contribution in [-0.4, -0.2) is 21.0 Å². The molecule has 0 saturated heterocycles. The van der Waals surface area contributed by atoms with E-state index in [9.17, 15) is 4.79 Å². The summed E-state index contributed by atoms with van der Waals surface area (Å²) in [6.07, 6.45) is 3.01. The zero-order valence-corrected chi connectivity index (χ0v) is 11.7. The lowest BCUT2D eigenvalue weighted by Gasteiger charge is -2.08.